The van der Waals surface area contributed by atoms with Gasteiger partial charge in [0.05, 0.1) is 17.5 Å². The molecule has 0 radical (unpaired) electrons. The molecule has 1 atom stereocenters. The Bertz CT molecular complexity index is 944. The summed E-state index contributed by atoms with van der Waals surface area (Å²) in [6, 6.07) is 15.5. The molecule has 0 bridgehead atoms. The molecule has 3 rings (SSSR count). The van der Waals surface area contributed by atoms with Gasteiger partial charge in [-0.25, -0.2) is 8.42 Å². The van der Waals surface area contributed by atoms with Crippen molar-refractivity contribution in [1.29, 1.82) is 0 Å². The van der Waals surface area contributed by atoms with E-state index in [-0.39, 0.29) is 11.8 Å². The van der Waals surface area contributed by atoms with Gasteiger partial charge < -0.3 is 10.6 Å². The standard InChI is InChI=1S/C19H21N3O4S/c1-14(15-7-3-2-4-8-15)20-18(23)19(24)21-16-9-5-10-17(13-16)22-11-6-12-27(22,25)26/h2-5,7-10,13-14H,6,11-12H2,1H3,(H,20,23)(H,21,24). The first kappa shape index (κ1) is 18.9. The van der Waals surface area contributed by atoms with Crippen molar-refractivity contribution in [3.8, 4) is 0 Å². The van der Waals surface area contributed by atoms with E-state index in [9.17, 15) is 18.0 Å². The normalized spacial score (nSPS) is 16.6. The Morgan fingerprint density at radius 3 is 2.44 bits per heavy atom. The monoisotopic (exact) mass is 387 g/mol. The van der Waals surface area contributed by atoms with Gasteiger partial charge in [0.15, 0.2) is 0 Å². The Balaban J connectivity index is 1.65. The first-order valence-corrected chi connectivity index (χ1v) is 10.2. The van der Waals surface area contributed by atoms with Crippen LogP contribution in [0.1, 0.15) is 24.9 Å². The molecule has 2 aromatic rings. The van der Waals surface area contributed by atoms with Crippen LogP contribution < -0.4 is 14.9 Å². The van der Waals surface area contributed by atoms with Crippen LogP contribution in [0.4, 0.5) is 11.4 Å². The third-order valence-electron chi connectivity index (χ3n) is 4.34. The van der Waals surface area contributed by atoms with Crippen molar-refractivity contribution < 1.29 is 18.0 Å². The van der Waals surface area contributed by atoms with Crippen molar-refractivity contribution in [3.63, 3.8) is 0 Å². The van der Waals surface area contributed by atoms with Gasteiger partial charge in [0.2, 0.25) is 10.0 Å². The molecule has 7 nitrogen and oxygen atoms in total. The number of carbonyl (C=O) groups excluding carboxylic acids is 2. The number of sulfonamides is 1. The Morgan fingerprint density at radius 2 is 1.78 bits per heavy atom. The summed E-state index contributed by atoms with van der Waals surface area (Å²) < 4.78 is 25.4. The molecule has 0 aromatic heterocycles. The molecule has 1 saturated heterocycles. The molecule has 27 heavy (non-hydrogen) atoms. The van der Waals surface area contributed by atoms with Crippen LogP contribution in [-0.4, -0.2) is 32.5 Å². The van der Waals surface area contributed by atoms with Crippen LogP contribution in [0.5, 0.6) is 0 Å². The van der Waals surface area contributed by atoms with Gasteiger partial charge in [-0.1, -0.05) is 36.4 Å². The zero-order valence-corrected chi connectivity index (χ0v) is 15.7. The highest BCUT2D eigenvalue weighted by atomic mass is 32.2. The lowest BCUT2D eigenvalue weighted by atomic mass is 10.1. The molecule has 1 aliphatic rings. The number of hydrogen-bond donors (Lipinski definition) is 2. The van der Waals surface area contributed by atoms with Crippen molar-refractivity contribution in [2.45, 2.75) is 19.4 Å². The van der Waals surface area contributed by atoms with Crippen LogP contribution in [-0.2, 0) is 19.6 Å². The van der Waals surface area contributed by atoms with Crippen LogP contribution in [0.2, 0.25) is 0 Å². The third kappa shape index (κ3) is 4.46. The van der Waals surface area contributed by atoms with E-state index in [1.54, 1.807) is 31.2 Å². The molecule has 2 aromatic carbocycles. The molecule has 2 N–H and O–H groups in total. The van der Waals surface area contributed by atoms with Crippen molar-refractivity contribution in [2.75, 3.05) is 21.9 Å². The average molecular weight is 387 g/mol. The molecule has 1 heterocycles. The molecule has 2 amide bonds. The number of anilines is 2. The molecule has 142 valence electrons. The highest BCUT2D eigenvalue weighted by molar-refractivity contribution is 7.93. The highest BCUT2D eigenvalue weighted by Gasteiger charge is 2.28. The maximum Gasteiger partial charge on any atom is 0.313 e. The second-order valence-electron chi connectivity index (χ2n) is 6.35. The van der Waals surface area contributed by atoms with Gasteiger partial charge in [0, 0.05) is 12.2 Å². The summed E-state index contributed by atoms with van der Waals surface area (Å²) in [6.45, 7) is 2.20. The summed E-state index contributed by atoms with van der Waals surface area (Å²) >= 11 is 0. The van der Waals surface area contributed by atoms with E-state index in [0.717, 1.165) is 5.56 Å². The van der Waals surface area contributed by atoms with Gasteiger partial charge in [-0.2, -0.15) is 0 Å². The molecule has 8 heteroatoms. The lowest BCUT2D eigenvalue weighted by Crippen LogP contribution is -2.37. The Morgan fingerprint density at radius 1 is 1.04 bits per heavy atom. The fraction of sp³-hybridized carbons (Fsp3) is 0.263. The largest absolute Gasteiger partial charge is 0.341 e. The first-order chi connectivity index (χ1) is 12.9. The second kappa shape index (κ2) is 7.79. The summed E-state index contributed by atoms with van der Waals surface area (Å²) in [5, 5.41) is 5.16. The van der Waals surface area contributed by atoms with E-state index in [1.165, 1.54) is 4.31 Å². The Labute approximate surface area is 158 Å². The van der Waals surface area contributed by atoms with Crippen LogP contribution in [0.15, 0.2) is 54.6 Å². The molecule has 0 saturated carbocycles. The van der Waals surface area contributed by atoms with Gasteiger partial charge in [-0.05, 0) is 37.1 Å². The van der Waals surface area contributed by atoms with Gasteiger partial charge in [-0.3, -0.25) is 13.9 Å². The number of nitrogens with zero attached hydrogens (tertiary/aromatic N) is 1. The summed E-state index contributed by atoms with van der Waals surface area (Å²) in [6.07, 6.45) is 0.568. The smallest absolute Gasteiger partial charge is 0.313 e. The van der Waals surface area contributed by atoms with E-state index in [2.05, 4.69) is 10.6 Å². The topological polar surface area (TPSA) is 95.6 Å². The zero-order chi connectivity index (χ0) is 19.4. The lowest BCUT2D eigenvalue weighted by molar-refractivity contribution is -0.136. The van der Waals surface area contributed by atoms with Crippen molar-refractivity contribution in [3.05, 3.63) is 60.2 Å². The van der Waals surface area contributed by atoms with Crippen LogP contribution in [0.25, 0.3) is 0 Å². The summed E-state index contributed by atoms with van der Waals surface area (Å²) in [5.41, 5.74) is 1.73. The average Bonchev–Trinajstić information content (AvgIpc) is 3.01. The van der Waals surface area contributed by atoms with Crippen LogP contribution >= 0.6 is 0 Å². The van der Waals surface area contributed by atoms with E-state index in [4.69, 9.17) is 0 Å². The van der Waals surface area contributed by atoms with Gasteiger partial charge in [0.1, 0.15) is 0 Å². The minimum absolute atomic E-state index is 0.114. The maximum absolute atomic E-state index is 12.2. The molecular formula is C19H21N3O4S. The zero-order valence-electron chi connectivity index (χ0n) is 14.9. The quantitative estimate of drug-likeness (QED) is 0.785. The molecule has 1 unspecified atom stereocenters. The fourth-order valence-corrected chi connectivity index (χ4v) is 4.50. The molecular weight excluding hydrogens is 366 g/mol. The first-order valence-electron chi connectivity index (χ1n) is 8.64. The predicted octanol–water partition coefficient (Wildman–Crippen LogP) is 2.04. The maximum atomic E-state index is 12.2. The minimum atomic E-state index is -3.31. The number of nitrogens with one attached hydrogen (secondary N) is 2. The van der Waals surface area contributed by atoms with Crippen LogP contribution in [0.3, 0.4) is 0 Å². The molecule has 0 aliphatic carbocycles. The summed E-state index contributed by atoms with van der Waals surface area (Å²) in [4.78, 5) is 24.3. The molecule has 0 spiro atoms. The van der Waals surface area contributed by atoms with Gasteiger partial charge in [-0.15, -0.1) is 0 Å². The van der Waals surface area contributed by atoms with Crippen LogP contribution in [0, 0.1) is 0 Å². The second-order valence-corrected chi connectivity index (χ2v) is 8.36. The third-order valence-corrected chi connectivity index (χ3v) is 6.21. The molecule has 1 aliphatic heterocycles. The van der Waals surface area contributed by atoms with Gasteiger partial charge in [0.25, 0.3) is 0 Å². The summed E-state index contributed by atoms with van der Waals surface area (Å²) in [7, 11) is -3.31. The minimum Gasteiger partial charge on any atom is -0.341 e. The lowest BCUT2D eigenvalue weighted by Gasteiger charge is -2.18. The number of benzene rings is 2. The van der Waals surface area contributed by atoms with E-state index in [0.29, 0.717) is 24.3 Å². The Hall–Kier alpha value is -2.87. The Kier molecular flexibility index (Phi) is 5.46. The van der Waals surface area contributed by atoms with Crippen molar-refractivity contribution in [1.82, 2.24) is 5.32 Å². The fourth-order valence-electron chi connectivity index (χ4n) is 2.94. The van der Waals surface area contributed by atoms with Gasteiger partial charge >= 0.3 is 11.8 Å². The SMILES string of the molecule is CC(NC(=O)C(=O)Nc1cccc(N2CCCS2(=O)=O)c1)c1ccccc1. The van der Waals surface area contributed by atoms with E-state index in [1.807, 2.05) is 30.3 Å². The molecule has 1 fully saturated rings. The van der Waals surface area contributed by atoms with E-state index < -0.39 is 21.8 Å². The van der Waals surface area contributed by atoms with Crippen molar-refractivity contribution in [2.24, 2.45) is 0 Å². The number of carbonyl (C=O) groups is 2. The summed E-state index contributed by atoms with van der Waals surface area (Å²) in [5.74, 6) is -1.45. The van der Waals surface area contributed by atoms with E-state index >= 15 is 0 Å². The number of hydrogen-bond acceptors (Lipinski definition) is 4. The predicted molar refractivity (Wildman–Crippen MR) is 104 cm³/mol. The number of rotatable bonds is 4. The highest BCUT2D eigenvalue weighted by Crippen LogP contribution is 2.26. The van der Waals surface area contributed by atoms with Crippen molar-refractivity contribution >= 4 is 33.2 Å². The number of amides is 2.